The van der Waals surface area contributed by atoms with Crippen LogP contribution in [0.3, 0.4) is 0 Å². The Hall–Kier alpha value is -1.00. The average molecular weight is 333 g/mol. The molecular formula is C19H28N2OS. The lowest BCUT2D eigenvalue weighted by atomic mass is 10.0. The highest BCUT2D eigenvalue weighted by Crippen LogP contribution is 2.29. The molecule has 3 nitrogen and oxygen atoms in total. The summed E-state index contributed by atoms with van der Waals surface area (Å²) in [5.41, 5.74) is 0.880. The van der Waals surface area contributed by atoms with E-state index < -0.39 is 0 Å². The second kappa shape index (κ2) is 7.71. The molecule has 1 amide bonds. The van der Waals surface area contributed by atoms with Gasteiger partial charge in [0, 0.05) is 29.3 Å². The summed E-state index contributed by atoms with van der Waals surface area (Å²) in [4.78, 5) is 18.7. The zero-order valence-electron chi connectivity index (χ0n) is 14.3. The first-order chi connectivity index (χ1) is 11.1. The van der Waals surface area contributed by atoms with Crippen molar-refractivity contribution >= 4 is 17.7 Å². The van der Waals surface area contributed by atoms with E-state index in [1.54, 1.807) is 11.8 Å². The molecule has 126 valence electrons. The van der Waals surface area contributed by atoms with Crippen LogP contribution < -0.4 is 0 Å². The van der Waals surface area contributed by atoms with Crippen molar-refractivity contribution in [2.45, 2.75) is 55.7 Å². The molecule has 2 saturated heterocycles. The number of carbonyl (C=O) groups is 1. The molecule has 0 saturated carbocycles. The van der Waals surface area contributed by atoms with E-state index in [0.717, 1.165) is 36.4 Å². The standard InChI is InChI=1S/C19H28N2OS/c1-15(2)23-18-8-4-3-7-17(18)19(22)21-13-9-16(10-14-21)20-11-5-6-12-20/h3-4,7-8,15-16H,5-6,9-14H2,1-2H3. The SMILES string of the molecule is CC(C)Sc1ccccc1C(=O)N1CCC(N2CCCC2)CC1. The third kappa shape index (κ3) is 4.10. The Morgan fingerprint density at radius 1 is 1.09 bits per heavy atom. The van der Waals surface area contributed by atoms with E-state index in [9.17, 15) is 4.79 Å². The first kappa shape index (κ1) is 16.8. The van der Waals surface area contributed by atoms with Crippen molar-refractivity contribution in [1.82, 2.24) is 9.80 Å². The summed E-state index contributed by atoms with van der Waals surface area (Å²) in [6.07, 6.45) is 4.95. The minimum Gasteiger partial charge on any atom is -0.338 e. The Morgan fingerprint density at radius 3 is 2.39 bits per heavy atom. The fourth-order valence-corrected chi connectivity index (χ4v) is 4.66. The Balaban J connectivity index is 1.63. The summed E-state index contributed by atoms with van der Waals surface area (Å²) in [7, 11) is 0. The Labute approximate surface area is 144 Å². The van der Waals surface area contributed by atoms with Crippen molar-refractivity contribution < 1.29 is 4.79 Å². The van der Waals surface area contributed by atoms with E-state index in [1.165, 1.54) is 25.9 Å². The van der Waals surface area contributed by atoms with Crippen LogP contribution in [0.15, 0.2) is 29.2 Å². The van der Waals surface area contributed by atoms with Crippen molar-refractivity contribution in [2.75, 3.05) is 26.2 Å². The molecule has 1 aromatic carbocycles. The lowest BCUT2D eigenvalue weighted by Crippen LogP contribution is -2.46. The van der Waals surface area contributed by atoms with Gasteiger partial charge in [-0.3, -0.25) is 4.79 Å². The van der Waals surface area contributed by atoms with Gasteiger partial charge in [-0.2, -0.15) is 0 Å². The summed E-state index contributed by atoms with van der Waals surface area (Å²) in [6.45, 7) is 8.67. The molecule has 0 radical (unpaired) electrons. The molecule has 2 aliphatic heterocycles. The normalized spacial score (nSPS) is 20.4. The molecule has 0 unspecified atom stereocenters. The van der Waals surface area contributed by atoms with Crippen molar-refractivity contribution in [3.8, 4) is 0 Å². The topological polar surface area (TPSA) is 23.6 Å². The highest BCUT2D eigenvalue weighted by Gasteiger charge is 2.29. The molecule has 2 heterocycles. The Kier molecular flexibility index (Phi) is 5.65. The van der Waals surface area contributed by atoms with Gasteiger partial charge in [0.25, 0.3) is 5.91 Å². The van der Waals surface area contributed by atoms with Crippen LogP contribution in [0.25, 0.3) is 0 Å². The molecule has 0 aromatic heterocycles. The molecule has 2 aliphatic rings. The molecule has 1 aromatic rings. The number of piperidine rings is 1. The molecule has 0 aliphatic carbocycles. The van der Waals surface area contributed by atoms with Gasteiger partial charge in [0.15, 0.2) is 0 Å². The van der Waals surface area contributed by atoms with Crippen molar-refractivity contribution in [1.29, 1.82) is 0 Å². The maximum atomic E-state index is 12.9. The average Bonchev–Trinajstić information content (AvgIpc) is 3.09. The fourth-order valence-electron chi connectivity index (χ4n) is 3.71. The number of nitrogens with zero attached hydrogens (tertiary/aromatic N) is 2. The Morgan fingerprint density at radius 2 is 1.74 bits per heavy atom. The maximum Gasteiger partial charge on any atom is 0.254 e. The summed E-state index contributed by atoms with van der Waals surface area (Å²) >= 11 is 1.78. The van der Waals surface area contributed by atoms with E-state index in [4.69, 9.17) is 0 Å². The highest BCUT2D eigenvalue weighted by atomic mass is 32.2. The van der Waals surface area contributed by atoms with Gasteiger partial charge >= 0.3 is 0 Å². The monoisotopic (exact) mass is 332 g/mol. The number of likely N-dealkylation sites (tertiary alicyclic amines) is 2. The van der Waals surface area contributed by atoms with Crippen molar-refractivity contribution in [3.63, 3.8) is 0 Å². The molecule has 0 bridgehead atoms. The van der Waals surface area contributed by atoms with Gasteiger partial charge < -0.3 is 9.80 Å². The quantitative estimate of drug-likeness (QED) is 0.782. The van der Waals surface area contributed by atoms with E-state index in [0.29, 0.717) is 11.3 Å². The molecular weight excluding hydrogens is 304 g/mol. The molecule has 0 N–H and O–H groups in total. The van der Waals surface area contributed by atoms with E-state index >= 15 is 0 Å². The smallest absolute Gasteiger partial charge is 0.254 e. The van der Waals surface area contributed by atoms with E-state index in [1.807, 2.05) is 18.2 Å². The summed E-state index contributed by atoms with van der Waals surface area (Å²) in [5, 5.41) is 0.491. The number of carbonyl (C=O) groups excluding carboxylic acids is 1. The van der Waals surface area contributed by atoms with Crippen LogP contribution in [-0.2, 0) is 0 Å². The number of amides is 1. The van der Waals surface area contributed by atoms with Crippen LogP contribution >= 0.6 is 11.8 Å². The summed E-state index contributed by atoms with van der Waals surface area (Å²) < 4.78 is 0. The number of hydrogen-bond donors (Lipinski definition) is 0. The van der Waals surface area contributed by atoms with Gasteiger partial charge in [0.1, 0.15) is 0 Å². The second-order valence-electron chi connectivity index (χ2n) is 6.93. The molecule has 4 heteroatoms. The third-order valence-electron chi connectivity index (χ3n) is 4.89. The molecule has 23 heavy (non-hydrogen) atoms. The third-order valence-corrected chi connectivity index (χ3v) is 5.97. The first-order valence-electron chi connectivity index (χ1n) is 8.94. The Bertz CT molecular complexity index is 532. The van der Waals surface area contributed by atoms with Gasteiger partial charge in [0.2, 0.25) is 0 Å². The van der Waals surface area contributed by atoms with Gasteiger partial charge in [-0.15, -0.1) is 11.8 Å². The zero-order valence-corrected chi connectivity index (χ0v) is 15.1. The van der Waals surface area contributed by atoms with Crippen LogP contribution in [0.2, 0.25) is 0 Å². The largest absolute Gasteiger partial charge is 0.338 e. The van der Waals surface area contributed by atoms with E-state index in [-0.39, 0.29) is 5.91 Å². The molecule has 0 spiro atoms. The van der Waals surface area contributed by atoms with Crippen LogP contribution in [0, 0.1) is 0 Å². The molecule has 2 fully saturated rings. The van der Waals surface area contributed by atoms with Crippen LogP contribution in [0.4, 0.5) is 0 Å². The second-order valence-corrected chi connectivity index (χ2v) is 8.55. The van der Waals surface area contributed by atoms with Crippen LogP contribution in [0.1, 0.15) is 49.9 Å². The molecule has 0 atom stereocenters. The predicted molar refractivity (Wildman–Crippen MR) is 97.2 cm³/mol. The first-order valence-corrected chi connectivity index (χ1v) is 9.82. The summed E-state index contributed by atoms with van der Waals surface area (Å²) in [6, 6.07) is 8.77. The number of rotatable bonds is 4. The number of thioether (sulfide) groups is 1. The predicted octanol–water partition coefficient (Wildman–Crippen LogP) is 3.89. The maximum absolute atomic E-state index is 12.9. The van der Waals surface area contributed by atoms with Gasteiger partial charge in [-0.25, -0.2) is 0 Å². The van der Waals surface area contributed by atoms with Crippen LogP contribution in [0.5, 0.6) is 0 Å². The van der Waals surface area contributed by atoms with Gasteiger partial charge in [-0.05, 0) is 50.9 Å². The fraction of sp³-hybridized carbons (Fsp3) is 0.632. The lowest BCUT2D eigenvalue weighted by molar-refractivity contribution is 0.0641. The summed E-state index contributed by atoms with van der Waals surface area (Å²) in [5.74, 6) is 0.216. The van der Waals surface area contributed by atoms with Crippen LogP contribution in [-0.4, -0.2) is 53.2 Å². The van der Waals surface area contributed by atoms with E-state index in [2.05, 4.69) is 29.7 Å². The number of benzene rings is 1. The van der Waals surface area contributed by atoms with Gasteiger partial charge in [-0.1, -0.05) is 26.0 Å². The number of hydrogen-bond acceptors (Lipinski definition) is 3. The minimum atomic E-state index is 0.216. The molecule has 3 rings (SSSR count). The van der Waals surface area contributed by atoms with Crippen molar-refractivity contribution in [2.24, 2.45) is 0 Å². The minimum absolute atomic E-state index is 0.216. The lowest BCUT2D eigenvalue weighted by Gasteiger charge is -2.36. The highest BCUT2D eigenvalue weighted by molar-refractivity contribution is 8.00. The van der Waals surface area contributed by atoms with Crippen molar-refractivity contribution in [3.05, 3.63) is 29.8 Å². The zero-order chi connectivity index (χ0) is 16.2. The van der Waals surface area contributed by atoms with Gasteiger partial charge in [0.05, 0.1) is 5.56 Å².